The van der Waals surface area contributed by atoms with Gasteiger partial charge in [0.1, 0.15) is 0 Å². The second-order valence-corrected chi connectivity index (χ2v) is 5.06. The molecule has 1 atom stereocenters. The minimum atomic E-state index is -0.244. The number of nitrogens with zero attached hydrogens (tertiary/aromatic N) is 1. The van der Waals surface area contributed by atoms with E-state index in [-0.39, 0.29) is 5.92 Å². The molecule has 21 heavy (non-hydrogen) atoms. The zero-order valence-electron chi connectivity index (χ0n) is 12.0. The number of hydrogen-bond acceptors (Lipinski definition) is 3. The summed E-state index contributed by atoms with van der Waals surface area (Å²) in [5, 5.41) is 10.1. The van der Waals surface area contributed by atoms with E-state index in [1.807, 2.05) is 42.5 Å². The fourth-order valence-electron chi connectivity index (χ4n) is 2.16. The van der Waals surface area contributed by atoms with E-state index in [2.05, 4.69) is 6.07 Å². The topological polar surface area (TPSA) is 42.2 Å². The van der Waals surface area contributed by atoms with Crippen LogP contribution in [-0.2, 0) is 6.42 Å². The van der Waals surface area contributed by atoms with Crippen LogP contribution >= 0.6 is 11.6 Å². The summed E-state index contributed by atoms with van der Waals surface area (Å²) in [5.41, 5.74) is 1.98. The monoisotopic (exact) mass is 301 g/mol. The van der Waals surface area contributed by atoms with E-state index in [9.17, 15) is 5.26 Å². The number of benzene rings is 2. The highest BCUT2D eigenvalue weighted by atomic mass is 35.5. The standard InChI is InChI=1S/C17H16ClNO2/c1-20-16-8-5-13(10-17(16)21-2)14(11-19)9-12-3-6-15(18)7-4-12/h3-8,10,14H,9H2,1-2H3. The first kappa shape index (κ1) is 15.2. The van der Waals surface area contributed by atoms with Crippen molar-refractivity contribution in [3.8, 4) is 17.6 Å². The number of ether oxygens (including phenoxy) is 2. The maximum Gasteiger partial charge on any atom is 0.161 e. The van der Waals surface area contributed by atoms with Crippen molar-refractivity contribution in [1.82, 2.24) is 0 Å². The summed E-state index contributed by atoms with van der Waals surface area (Å²) >= 11 is 5.88. The minimum Gasteiger partial charge on any atom is -0.493 e. The molecule has 0 N–H and O–H groups in total. The third-order valence-corrected chi connectivity index (χ3v) is 3.57. The second-order valence-electron chi connectivity index (χ2n) is 4.63. The molecular weight excluding hydrogens is 286 g/mol. The number of halogens is 1. The minimum absolute atomic E-state index is 0.244. The molecule has 2 rings (SSSR count). The van der Waals surface area contributed by atoms with Gasteiger partial charge in [-0.1, -0.05) is 29.8 Å². The van der Waals surface area contributed by atoms with Crippen molar-refractivity contribution in [3.63, 3.8) is 0 Å². The van der Waals surface area contributed by atoms with Gasteiger partial charge in [-0.25, -0.2) is 0 Å². The van der Waals surface area contributed by atoms with Crippen LogP contribution in [0, 0.1) is 11.3 Å². The Balaban J connectivity index is 2.25. The number of hydrogen-bond donors (Lipinski definition) is 0. The quantitative estimate of drug-likeness (QED) is 0.831. The summed E-state index contributed by atoms with van der Waals surface area (Å²) < 4.78 is 10.5. The van der Waals surface area contributed by atoms with Crippen molar-refractivity contribution in [2.75, 3.05) is 14.2 Å². The highest BCUT2D eigenvalue weighted by molar-refractivity contribution is 6.30. The lowest BCUT2D eigenvalue weighted by Gasteiger charge is -2.13. The molecule has 2 aromatic rings. The Bertz CT molecular complexity index is 647. The van der Waals surface area contributed by atoms with Gasteiger partial charge >= 0.3 is 0 Å². The molecule has 0 heterocycles. The number of nitriles is 1. The van der Waals surface area contributed by atoms with Gasteiger partial charge < -0.3 is 9.47 Å². The Morgan fingerprint density at radius 3 is 2.29 bits per heavy atom. The zero-order chi connectivity index (χ0) is 15.2. The zero-order valence-corrected chi connectivity index (χ0v) is 12.7. The smallest absolute Gasteiger partial charge is 0.161 e. The molecule has 0 saturated carbocycles. The number of methoxy groups -OCH3 is 2. The summed E-state index contributed by atoms with van der Waals surface area (Å²) in [7, 11) is 3.18. The van der Waals surface area contributed by atoms with Crippen LogP contribution in [0.3, 0.4) is 0 Å². The van der Waals surface area contributed by atoms with Crippen molar-refractivity contribution in [1.29, 1.82) is 5.26 Å². The maximum atomic E-state index is 9.44. The van der Waals surface area contributed by atoms with Gasteiger partial charge in [0.15, 0.2) is 11.5 Å². The van der Waals surface area contributed by atoms with Crippen LogP contribution in [0.5, 0.6) is 11.5 Å². The van der Waals surface area contributed by atoms with Gasteiger partial charge in [0.05, 0.1) is 26.2 Å². The summed E-state index contributed by atoms with van der Waals surface area (Å²) in [6.07, 6.45) is 0.628. The van der Waals surface area contributed by atoms with Gasteiger partial charge in [-0.15, -0.1) is 0 Å². The van der Waals surface area contributed by atoms with Crippen LogP contribution in [-0.4, -0.2) is 14.2 Å². The largest absolute Gasteiger partial charge is 0.493 e. The summed E-state index contributed by atoms with van der Waals surface area (Å²) in [5.74, 6) is 1.04. The third-order valence-electron chi connectivity index (χ3n) is 3.32. The molecule has 1 unspecified atom stereocenters. The molecule has 0 saturated heterocycles. The Labute approximate surface area is 129 Å². The highest BCUT2D eigenvalue weighted by Gasteiger charge is 2.14. The molecule has 0 radical (unpaired) electrons. The first-order chi connectivity index (χ1) is 10.2. The van der Waals surface area contributed by atoms with Crippen LogP contribution in [0.2, 0.25) is 5.02 Å². The molecule has 0 bridgehead atoms. The molecule has 0 aromatic heterocycles. The Hall–Kier alpha value is -2.18. The van der Waals surface area contributed by atoms with E-state index in [1.165, 1.54) is 0 Å². The Morgan fingerprint density at radius 2 is 1.71 bits per heavy atom. The number of rotatable bonds is 5. The van der Waals surface area contributed by atoms with Crippen molar-refractivity contribution >= 4 is 11.6 Å². The van der Waals surface area contributed by atoms with Crippen molar-refractivity contribution < 1.29 is 9.47 Å². The van der Waals surface area contributed by atoms with Crippen LogP contribution < -0.4 is 9.47 Å². The maximum absolute atomic E-state index is 9.44. The summed E-state index contributed by atoms with van der Waals surface area (Å²) in [6.45, 7) is 0. The first-order valence-electron chi connectivity index (χ1n) is 6.54. The van der Waals surface area contributed by atoms with Crippen molar-refractivity contribution in [2.45, 2.75) is 12.3 Å². The van der Waals surface area contributed by atoms with Crippen LogP contribution in [0.4, 0.5) is 0 Å². The van der Waals surface area contributed by atoms with Gasteiger partial charge in [-0.2, -0.15) is 5.26 Å². The molecule has 0 aliphatic rings. The molecular formula is C17H16ClNO2. The predicted octanol–water partition coefficient (Wildman–Crippen LogP) is 4.21. The summed E-state index contributed by atoms with van der Waals surface area (Å²) in [4.78, 5) is 0. The average Bonchev–Trinajstić information content (AvgIpc) is 2.53. The third kappa shape index (κ3) is 3.68. The average molecular weight is 302 g/mol. The molecule has 0 amide bonds. The van der Waals surface area contributed by atoms with E-state index in [0.717, 1.165) is 11.1 Å². The van der Waals surface area contributed by atoms with E-state index in [0.29, 0.717) is 22.9 Å². The lowest BCUT2D eigenvalue weighted by Crippen LogP contribution is -2.01. The van der Waals surface area contributed by atoms with Gasteiger partial charge in [0, 0.05) is 5.02 Å². The fraction of sp³-hybridized carbons (Fsp3) is 0.235. The molecule has 3 nitrogen and oxygen atoms in total. The van der Waals surface area contributed by atoms with Crippen molar-refractivity contribution in [2.24, 2.45) is 0 Å². The molecule has 2 aromatic carbocycles. The van der Waals surface area contributed by atoms with E-state index in [1.54, 1.807) is 14.2 Å². The Kier molecular flexibility index (Phi) is 5.08. The Morgan fingerprint density at radius 1 is 1.05 bits per heavy atom. The fourth-order valence-corrected chi connectivity index (χ4v) is 2.29. The van der Waals surface area contributed by atoms with Gasteiger partial charge in [-0.3, -0.25) is 0 Å². The molecule has 0 spiro atoms. The lowest BCUT2D eigenvalue weighted by molar-refractivity contribution is 0.354. The normalized spacial score (nSPS) is 11.5. The SMILES string of the molecule is COc1ccc(C(C#N)Cc2ccc(Cl)cc2)cc1OC. The summed E-state index contributed by atoms with van der Waals surface area (Å²) in [6, 6.07) is 15.4. The van der Waals surface area contributed by atoms with Crippen LogP contribution in [0.1, 0.15) is 17.0 Å². The van der Waals surface area contributed by atoms with E-state index in [4.69, 9.17) is 21.1 Å². The molecule has 0 aliphatic carbocycles. The van der Waals surface area contributed by atoms with Crippen LogP contribution in [0.25, 0.3) is 0 Å². The van der Waals surface area contributed by atoms with Gasteiger partial charge in [0.2, 0.25) is 0 Å². The molecule has 4 heteroatoms. The van der Waals surface area contributed by atoms with Gasteiger partial charge in [-0.05, 0) is 41.8 Å². The van der Waals surface area contributed by atoms with Gasteiger partial charge in [0.25, 0.3) is 0 Å². The molecule has 108 valence electrons. The lowest BCUT2D eigenvalue weighted by atomic mass is 9.93. The van der Waals surface area contributed by atoms with E-state index < -0.39 is 0 Å². The molecule has 0 aliphatic heterocycles. The first-order valence-corrected chi connectivity index (χ1v) is 6.91. The predicted molar refractivity (Wildman–Crippen MR) is 83.1 cm³/mol. The van der Waals surface area contributed by atoms with Crippen molar-refractivity contribution in [3.05, 3.63) is 58.6 Å². The second kappa shape index (κ2) is 7.01. The van der Waals surface area contributed by atoms with Crippen LogP contribution in [0.15, 0.2) is 42.5 Å². The van der Waals surface area contributed by atoms with E-state index >= 15 is 0 Å². The highest BCUT2D eigenvalue weighted by Crippen LogP contribution is 2.31. The molecule has 0 fully saturated rings.